The Kier molecular flexibility index (Phi) is 3.44. The second-order valence-corrected chi connectivity index (χ2v) is 5.29. The van der Waals surface area contributed by atoms with Crippen LogP contribution in [-0.2, 0) is 4.74 Å². The van der Waals surface area contributed by atoms with Crippen LogP contribution in [-0.4, -0.2) is 35.3 Å². The molecule has 0 spiro atoms. The topological polar surface area (TPSA) is 51.4 Å². The van der Waals surface area contributed by atoms with Gasteiger partial charge in [-0.25, -0.2) is 9.97 Å². The summed E-state index contributed by atoms with van der Waals surface area (Å²) < 4.78 is 11.1. The molecular weight excluding hydrogens is 254 g/mol. The minimum absolute atomic E-state index is 0.196. The van der Waals surface area contributed by atoms with E-state index in [1.165, 1.54) is 0 Å². The van der Waals surface area contributed by atoms with Crippen molar-refractivity contribution in [3.8, 4) is 11.3 Å². The van der Waals surface area contributed by atoms with Crippen molar-refractivity contribution < 1.29 is 9.15 Å². The number of anilines is 1. The molecule has 0 N–H and O–H groups in total. The molecule has 5 heteroatoms. The van der Waals surface area contributed by atoms with Crippen molar-refractivity contribution in [1.29, 1.82) is 0 Å². The highest BCUT2D eigenvalue weighted by Gasteiger charge is 2.24. The Hall–Kier alpha value is -1.88. The SMILES string of the molecule is Cc1occc1-c1ccnc(N2CC(C)OC(C)C2)n1. The van der Waals surface area contributed by atoms with Gasteiger partial charge in [0.2, 0.25) is 5.95 Å². The maximum Gasteiger partial charge on any atom is 0.226 e. The third-order valence-electron chi connectivity index (χ3n) is 3.48. The lowest BCUT2D eigenvalue weighted by Crippen LogP contribution is -2.46. The Morgan fingerprint density at radius 1 is 1.20 bits per heavy atom. The molecule has 20 heavy (non-hydrogen) atoms. The van der Waals surface area contributed by atoms with Gasteiger partial charge in [0.25, 0.3) is 0 Å². The van der Waals surface area contributed by atoms with E-state index in [9.17, 15) is 0 Å². The Labute approximate surface area is 118 Å². The molecular formula is C15H19N3O2. The number of aryl methyl sites for hydroxylation is 1. The van der Waals surface area contributed by atoms with Crippen molar-refractivity contribution in [1.82, 2.24) is 9.97 Å². The van der Waals surface area contributed by atoms with E-state index in [-0.39, 0.29) is 12.2 Å². The molecule has 0 radical (unpaired) electrons. The number of rotatable bonds is 2. The van der Waals surface area contributed by atoms with Gasteiger partial charge in [0.05, 0.1) is 24.2 Å². The predicted octanol–water partition coefficient (Wildman–Crippen LogP) is 2.66. The largest absolute Gasteiger partial charge is 0.469 e. The summed E-state index contributed by atoms with van der Waals surface area (Å²) >= 11 is 0. The van der Waals surface area contributed by atoms with Crippen LogP contribution in [0.3, 0.4) is 0 Å². The van der Waals surface area contributed by atoms with Crippen molar-refractivity contribution >= 4 is 5.95 Å². The van der Waals surface area contributed by atoms with Crippen LogP contribution in [0.5, 0.6) is 0 Å². The van der Waals surface area contributed by atoms with Crippen LogP contribution in [0.25, 0.3) is 11.3 Å². The normalized spacial score (nSPS) is 23.1. The van der Waals surface area contributed by atoms with Gasteiger partial charge in [-0.3, -0.25) is 0 Å². The smallest absolute Gasteiger partial charge is 0.226 e. The fraction of sp³-hybridized carbons (Fsp3) is 0.467. The molecule has 2 unspecified atom stereocenters. The van der Waals surface area contributed by atoms with Gasteiger partial charge in [-0.2, -0.15) is 0 Å². The van der Waals surface area contributed by atoms with E-state index in [1.54, 1.807) is 12.5 Å². The average molecular weight is 273 g/mol. The summed E-state index contributed by atoms with van der Waals surface area (Å²) in [5.41, 5.74) is 1.91. The molecule has 0 aromatic carbocycles. The lowest BCUT2D eigenvalue weighted by molar-refractivity contribution is -0.00571. The minimum atomic E-state index is 0.196. The standard InChI is InChI=1S/C15H19N3O2/c1-10-8-18(9-11(2)20-10)15-16-6-4-14(17-15)13-5-7-19-12(13)3/h4-7,10-11H,8-9H2,1-3H3. The van der Waals surface area contributed by atoms with E-state index in [4.69, 9.17) is 9.15 Å². The number of morpholine rings is 1. The summed E-state index contributed by atoms with van der Waals surface area (Å²) in [4.78, 5) is 11.2. The van der Waals surface area contributed by atoms with E-state index in [2.05, 4.69) is 28.7 Å². The van der Waals surface area contributed by atoms with Crippen LogP contribution < -0.4 is 4.90 Å². The summed E-state index contributed by atoms with van der Waals surface area (Å²) in [5.74, 6) is 1.63. The van der Waals surface area contributed by atoms with Gasteiger partial charge in [-0.15, -0.1) is 0 Å². The zero-order valence-electron chi connectivity index (χ0n) is 12.0. The highest BCUT2D eigenvalue weighted by Crippen LogP contribution is 2.24. The Balaban J connectivity index is 1.90. The van der Waals surface area contributed by atoms with E-state index < -0.39 is 0 Å². The first-order valence-corrected chi connectivity index (χ1v) is 6.91. The number of hydrogen-bond donors (Lipinski definition) is 0. The minimum Gasteiger partial charge on any atom is -0.469 e. The monoisotopic (exact) mass is 273 g/mol. The molecule has 0 aliphatic carbocycles. The molecule has 2 atom stereocenters. The summed E-state index contributed by atoms with van der Waals surface area (Å²) in [5, 5.41) is 0. The van der Waals surface area contributed by atoms with Gasteiger partial charge in [0.15, 0.2) is 0 Å². The van der Waals surface area contributed by atoms with Crippen molar-refractivity contribution in [3.63, 3.8) is 0 Å². The Morgan fingerprint density at radius 2 is 1.95 bits per heavy atom. The first-order chi connectivity index (χ1) is 9.63. The second kappa shape index (κ2) is 5.25. The third-order valence-corrected chi connectivity index (χ3v) is 3.48. The maximum absolute atomic E-state index is 5.75. The molecule has 3 rings (SSSR count). The van der Waals surface area contributed by atoms with E-state index in [0.29, 0.717) is 0 Å². The first kappa shape index (κ1) is 13.1. The third kappa shape index (κ3) is 2.54. The predicted molar refractivity (Wildman–Crippen MR) is 76.7 cm³/mol. The van der Waals surface area contributed by atoms with E-state index >= 15 is 0 Å². The van der Waals surface area contributed by atoms with Gasteiger partial charge >= 0.3 is 0 Å². The van der Waals surface area contributed by atoms with Crippen LogP contribution in [0.2, 0.25) is 0 Å². The Bertz CT molecular complexity index is 586. The molecule has 0 saturated carbocycles. The van der Waals surface area contributed by atoms with Gasteiger partial charge < -0.3 is 14.1 Å². The van der Waals surface area contributed by atoms with Crippen molar-refractivity contribution in [2.45, 2.75) is 33.0 Å². The first-order valence-electron chi connectivity index (χ1n) is 6.91. The fourth-order valence-electron chi connectivity index (χ4n) is 2.64. The Morgan fingerprint density at radius 3 is 2.60 bits per heavy atom. The highest BCUT2D eigenvalue weighted by molar-refractivity contribution is 5.61. The number of hydrogen-bond acceptors (Lipinski definition) is 5. The molecule has 2 aromatic heterocycles. The quantitative estimate of drug-likeness (QED) is 0.842. The van der Waals surface area contributed by atoms with E-state index in [1.807, 2.05) is 19.1 Å². The average Bonchev–Trinajstić information content (AvgIpc) is 2.84. The van der Waals surface area contributed by atoms with Crippen molar-refractivity contribution in [3.05, 3.63) is 30.4 Å². The van der Waals surface area contributed by atoms with Crippen LogP contribution in [0, 0.1) is 6.92 Å². The van der Waals surface area contributed by atoms with Gasteiger partial charge in [0.1, 0.15) is 5.76 Å². The summed E-state index contributed by atoms with van der Waals surface area (Å²) in [7, 11) is 0. The molecule has 1 aliphatic heterocycles. The summed E-state index contributed by atoms with van der Waals surface area (Å²) in [6.07, 6.45) is 3.88. The molecule has 5 nitrogen and oxygen atoms in total. The lowest BCUT2D eigenvalue weighted by Gasteiger charge is -2.35. The molecule has 0 amide bonds. The molecule has 0 bridgehead atoms. The van der Waals surface area contributed by atoms with Crippen molar-refractivity contribution in [2.75, 3.05) is 18.0 Å². The summed E-state index contributed by atoms with van der Waals surface area (Å²) in [6.45, 7) is 7.73. The number of ether oxygens (including phenoxy) is 1. The maximum atomic E-state index is 5.75. The highest BCUT2D eigenvalue weighted by atomic mass is 16.5. The molecule has 1 fully saturated rings. The lowest BCUT2D eigenvalue weighted by atomic mass is 10.2. The molecule has 106 valence electrons. The van der Waals surface area contributed by atoms with E-state index in [0.717, 1.165) is 36.1 Å². The van der Waals surface area contributed by atoms with Gasteiger partial charge in [-0.1, -0.05) is 0 Å². The van der Waals surface area contributed by atoms with Crippen LogP contribution in [0.1, 0.15) is 19.6 Å². The molecule has 1 aliphatic rings. The van der Waals surface area contributed by atoms with Gasteiger partial charge in [0, 0.05) is 24.8 Å². The number of furan rings is 1. The van der Waals surface area contributed by atoms with Crippen LogP contribution >= 0.6 is 0 Å². The fourth-order valence-corrected chi connectivity index (χ4v) is 2.64. The summed E-state index contributed by atoms with van der Waals surface area (Å²) in [6, 6.07) is 3.85. The zero-order chi connectivity index (χ0) is 14.1. The van der Waals surface area contributed by atoms with Crippen molar-refractivity contribution in [2.24, 2.45) is 0 Å². The molecule has 2 aromatic rings. The second-order valence-electron chi connectivity index (χ2n) is 5.29. The van der Waals surface area contributed by atoms with Gasteiger partial charge in [-0.05, 0) is 32.9 Å². The molecule has 1 saturated heterocycles. The number of nitrogens with zero attached hydrogens (tertiary/aromatic N) is 3. The molecule has 3 heterocycles. The van der Waals surface area contributed by atoms with Crippen LogP contribution in [0.4, 0.5) is 5.95 Å². The zero-order valence-corrected chi connectivity index (χ0v) is 12.0. The number of aromatic nitrogens is 2. The van der Waals surface area contributed by atoms with Crippen LogP contribution in [0.15, 0.2) is 29.0 Å².